The van der Waals surface area contributed by atoms with E-state index >= 15 is 0 Å². The number of nitrogens with two attached hydrogens (primary N) is 1. The van der Waals surface area contributed by atoms with Crippen molar-refractivity contribution in [1.29, 1.82) is 0 Å². The number of carbonyl (C=O) groups excluding carboxylic acids is 1. The van der Waals surface area contributed by atoms with Gasteiger partial charge < -0.3 is 5.21 Å². The Morgan fingerprint density at radius 2 is 1.86 bits per heavy atom. The smallest absolute Gasteiger partial charge is 0.265 e. The summed E-state index contributed by atoms with van der Waals surface area (Å²) in [6.45, 7) is 1.96. The van der Waals surface area contributed by atoms with Crippen molar-refractivity contribution in [3.63, 3.8) is 0 Å². The topological polar surface area (TPSA) is 105 Å². The average Bonchev–Trinajstić information content (AvgIpc) is 2.19. The van der Waals surface area contributed by atoms with Gasteiger partial charge in [-0.05, 0) is 19.1 Å². The van der Waals surface area contributed by atoms with Crippen LogP contribution in [0.4, 0.5) is 0 Å². The zero-order valence-corrected chi connectivity index (χ0v) is 7.60. The monoisotopic (exact) mass is 197 g/mol. The van der Waals surface area contributed by atoms with Crippen LogP contribution >= 0.6 is 0 Å². The van der Waals surface area contributed by atoms with Gasteiger partial charge in [0.1, 0.15) is 0 Å². The highest BCUT2D eigenvalue weighted by Crippen LogP contribution is 2.01. The maximum Gasteiger partial charge on any atom is 0.265 e. The lowest BCUT2D eigenvalue weighted by Gasteiger charge is -1.98. The molecule has 6 heteroatoms. The molecule has 0 fully saturated rings. The molecule has 0 aromatic heterocycles. The molecule has 0 bridgehead atoms. The number of aryl methyl sites for hydroxylation is 1. The van der Waals surface area contributed by atoms with E-state index in [1.165, 1.54) is 5.34 Å². The van der Waals surface area contributed by atoms with E-state index in [1.807, 2.05) is 19.1 Å². The lowest BCUT2D eigenvalue weighted by molar-refractivity contribution is 0.0953. The Morgan fingerprint density at radius 3 is 2.21 bits per heavy atom. The summed E-state index contributed by atoms with van der Waals surface area (Å²) >= 11 is 0. The van der Waals surface area contributed by atoms with Gasteiger partial charge in [0.15, 0.2) is 5.34 Å². The molecule has 0 saturated heterocycles. The summed E-state index contributed by atoms with van der Waals surface area (Å²) in [6, 6.07) is 7.20. The number of nitrogens with zero attached hydrogens (tertiary/aromatic N) is 1. The molecular weight excluding hydrogens is 186 g/mol. The SMILES string of the molecule is Cc1ccc(C(=O)NN)cc1.O=NO. The van der Waals surface area contributed by atoms with Crippen molar-refractivity contribution in [3.8, 4) is 0 Å². The molecule has 0 atom stereocenters. The van der Waals surface area contributed by atoms with Gasteiger partial charge in [-0.15, -0.1) is 4.91 Å². The predicted octanol–water partition coefficient (Wildman–Crippen LogP) is 0.741. The van der Waals surface area contributed by atoms with Crippen LogP contribution < -0.4 is 11.3 Å². The van der Waals surface area contributed by atoms with E-state index in [-0.39, 0.29) is 5.91 Å². The summed E-state index contributed by atoms with van der Waals surface area (Å²) in [5, 5.41) is 7.89. The number of rotatable bonds is 1. The van der Waals surface area contributed by atoms with Crippen molar-refractivity contribution in [2.45, 2.75) is 6.92 Å². The lowest BCUT2D eigenvalue weighted by atomic mass is 10.1. The van der Waals surface area contributed by atoms with Crippen LogP contribution in [0.15, 0.2) is 29.6 Å². The van der Waals surface area contributed by atoms with Crippen LogP contribution in [0.3, 0.4) is 0 Å². The molecule has 0 radical (unpaired) electrons. The van der Waals surface area contributed by atoms with E-state index in [2.05, 4.69) is 5.43 Å². The molecule has 0 aliphatic rings. The fraction of sp³-hybridized carbons (Fsp3) is 0.125. The van der Waals surface area contributed by atoms with Crippen molar-refractivity contribution >= 4 is 5.91 Å². The molecule has 1 aromatic carbocycles. The first-order valence-electron chi connectivity index (χ1n) is 3.70. The van der Waals surface area contributed by atoms with Crippen molar-refractivity contribution in [2.75, 3.05) is 0 Å². The second-order valence-electron chi connectivity index (χ2n) is 2.42. The fourth-order valence-corrected chi connectivity index (χ4v) is 0.788. The molecule has 1 aromatic rings. The van der Waals surface area contributed by atoms with Crippen molar-refractivity contribution in [3.05, 3.63) is 40.3 Å². The summed E-state index contributed by atoms with van der Waals surface area (Å²) in [4.78, 5) is 19.0. The van der Waals surface area contributed by atoms with E-state index < -0.39 is 0 Å². The Balaban J connectivity index is 0.000000500. The molecule has 76 valence electrons. The van der Waals surface area contributed by atoms with Crippen LogP contribution in [0, 0.1) is 11.8 Å². The quantitative estimate of drug-likeness (QED) is 0.267. The Hall–Kier alpha value is -1.95. The van der Waals surface area contributed by atoms with E-state index in [4.69, 9.17) is 16.0 Å². The average molecular weight is 197 g/mol. The lowest BCUT2D eigenvalue weighted by Crippen LogP contribution is -2.29. The molecule has 14 heavy (non-hydrogen) atoms. The van der Waals surface area contributed by atoms with E-state index in [0.29, 0.717) is 5.56 Å². The molecule has 0 unspecified atom stereocenters. The van der Waals surface area contributed by atoms with Crippen LogP contribution in [-0.2, 0) is 0 Å². The van der Waals surface area contributed by atoms with Crippen LogP contribution in [0.25, 0.3) is 0 Å². The van der Waals surface area contributed by atoms with Gasteiger partial charge in [-0.2, -0.15) is 0 Å². The number of benzene rings is 1. The summed E-state index contributed by atoms with van der Waals surface area (Å²) in [5.41, 5.74) is 3.77. The van der Waals surface area contributed by atoms with Crippen molar-refractivity contribution in [2.24, 2.45) is 11.2 Å². The summed E-state index contributed by atoms with van der Waals surface area (Å²) < 4.78 is 0. The number of nitrogen functional groups attached to an aromatic ring is 1. The summed E-state index contributed by atoms with van der Waals surface area (Å²) in [6.07, 6.45) is 0. The highest BCUT2D eigenvalue weighted by molar-refractivity contribution is 5.93. The zero-order valence-electron chi connectivity index (χ0n) is 7.60. The van der Waals surface area contributed by atoms with Gasteiger partial charge in [-0.3, -0.25) is 10.2 Å². The van der Waals surface area contributed by atoms with E-state index in [9.17, 15) is 4.79 Å². The molecule has 0 saturated carbocycles. The Bertz CT molecular complexity index is 297. The van der Waals surface area contributed by atoms with Crippen LogP contribution in [0.5, 0.6) is 0 Å². The highest BCUT2D eigenvalue weighted by atomic mass is 16.6. The normalized spacial score (nSPS) is 8.14. The van der Waals surface area contributed by atoms with Gasteiger partial charge in [0.05, 0.1) is 0 Å². The number of carbonyl (C=O) groups is 1. The first-order valence-corrected chi connectivity index (χ1v) is 3.70. The third-order valence-electron chi connectivity index (χ3n) is 1.44. The number of amides is 1. The minimum Gasteiger partial charge on any atom is -0.379 e. The molecule has 4 N–H and O–H groups in total. The van der Waals surface area contributed by atoms with Crippen LogP contribution in [0.2, 0.25) is 0 Å². The van der Waals surface area contributed by atoms with Gasteiger partial charge in [0.2, 0.25) is 0 Å². The Labute approximate surface area is 80.6 Å². The van der Waals surface area contributed by atoms with Gasteiger partial charge in [0, 0.05) is 5.56 Å². The van der Waals surface area contributed by atoms with Crippen molar-refractivity contribution < 1.29 is 10.0 Å². The summed E-state index contributed by atoms with van der Waals surface area (Å²) in [5.74, 6) is 4.68. The number of hydrogen-bond acceptors (Lipinski definition) is 4. The standard InChI is InChI=1S/C8H10N2O.HNO2/c1-6-2-4-7(5-3-6)8(11)10-9;2-1-3/h2-5H,9H2,1H3,(H,10,11);(H,2,3). The van der Waals surface area contributed by atoms with Crippen LogP contribution in [0.1, 0.15) is 15.9 Å². The second kappa shape index (κ2) is 6.55. The molecule has 0 spiro atoms. The first kappa shape index (κ1) is 12.0. The number of hydrazine groups is 1. The Morgan fingerprint density at radius 1 is 1.43 bits per heavy atom. The van der Waals surface area contributed by atoms with Gasteiger partial charge in [-0.25, -0.2) is 5.84 Å². The molecule has 1 rings (SSSR count). The van der Waals surface area contributed by atoms with Gasteiger partial charge >= 0.3 is 0 Å². The first-order chi connectivity index (χ1) is 6.65. The molecule has 1 amide bonds. The number of nitrogens with one attached hydrogen (secondary N) is 1. The highest BCUT2D eigenvalue weighted by Gasteiger charge is 1.99. The third kappa shape index (κ3) is 4.17. The molecular formula is C8H11N3O3. The largest absolute Gasteiger partial charge is 0.379 e. The molecule has 6 nitrogen and oxygen atoms in total. The van der Waals surface area contributed by atoms with E-state index in [0.717, 1.165) is 5.56 Å². The maximum absolute atomic E-state index is 10.9. The zero-order chi connectivity index (χ0) is 11.0. The fourth-order valence-electron chi connectivity index (χ4n) is 0.788. The maximum atomic E-state index is 10.9. The van der Waals surface area contributed by atoms with E-state index in [1.54, 1.807) is 12.1 Å². The van der Waals surface area contributed by atoms with Gasteiger partial charge in [-0.1, -0.05) is 17.7 Å². The summed E-state index contributed by atoms with van der Waals surface area (Å²) in [7, 11) is 0. The third-order valence-corrected chi connectivity index (χ3v) is 1.44. The van der Waals surface area contributed by atoms with Crippen molar-refractivity contribution in [1.82, 2.24) is 5.43 Å². The van der Waals surface area contributed by atoms with Gasteiger partial charge in [0.25, 0.3) is 5.91 Å². The molecule has 0 heterocycles. The minimum absolute atomic E-state index is 0.259. The second-order valence-corrected chi connectivity index (χ2v) is 2.42. The molecule has 0 aliphatic heterocycles. The van der Waals surface area contributed by atoms with Crippen LogP contribution in [-0.4, -0.2) is 11.1 Å². The minimum atomic E-state index is -0.259. The molecule has 0 aliphatic carbocycles. The predicted molar refractivity (Wildman–Crippen MR) is 50.4 cm³/mol. The Kier molecular flexibility index (Phi) is 5.64. The number of hydrogen-bond donors (Lipinski definition) is 3.